The molecule has 1 aromatic carbocycles. The van der Waals surface area contributed by atoms with Gasteiger partial charge in [0.1, 0.15) is 0 Å². The van der Waals surface area contributed by atoms with Crippen molar-refractivity contribution in [2.75, 3.05) is 11.9 Å². The number of halogens is 3. The van der Waals surface area contributed by atoms with Gasteiger partial charge in [-0.1, -0.05) is 12.2 Å². The van der Waals surface area contributed by atoms with Crippen LogP contribution in [0.2, 0.25) is 0 Å². The summed E-state index contributed by atoms with van der Waals surface area (Å²) in [7, 11) is 0. The summed E-state index contributed by atoms with van der Waals surface area (Å²) in [6, 6.07) is 1.59. The Balaban J connectivity index is 1.61. The van der Waals surface area contributed by atoms with Crippen molar-refractivity contribution in [3.63, 3.8) is 0 Å². The number of allylic oxidation sites excluding steroid dienone is 2. The molecule has 3 rings (SSSR count). The quantitative estimate of drug-likeness (QED) is 0.514. The lowest BCUT2D eigenvalue weighted by molar-refractivity contribution is -0.140. The summed E-state index contributed by atoms with van der Waals surface area (Å²) in [5.74, 6) is -6.65. The molecule has 8 heteroatoms. The Morgan fingerprint density at radius 2 is 1.64 bits per heavy atom. The molecule has 25 heavy (non-hydrogen) atoms. The number of nitrogens with zero attached hydrogens (tertiary/aromatic N) is 1. The van der Waals surface area contributed by atoms with E-state index in [1.54, 1.807) is 0 Å². The Morgan fingerprint density at radius 3 is 2.24 bits per heavy atom. The molecule has 5 nitrogen and oxygen atoms in total. The van der Waals surface area contributed by atoms with Crippen LogP contribution in [0.25, 0.3) is 0 Å². The van der Waals surface area contributed by atoms with Crippen LogP contribution in [0.3, 0.4) is 0 Å². The minimum atomic E-state index is -1.68. The van der Waals surface area contributed by atoms with E-state index < -0.39 is 29.0 Å². The third-order valence-corrected chi connectivity index (χ3v) is 4.47. The molecule has 0 radical (unpaired) electrons. The van der Waals surface area contributed by atoms with E-state index in [0.717, 1.165) is 11.0 Å². The van der Waals surface area contributed by atoms with Crippen LogP contribution in [0.5, 0.6) is 0 Å². The molecule has 1 aliphatic carbocycles. The van der Waals surface area contributed by atoms with Gasteiger partial charge in [-0.3, -0.25) is 19.3 Å². The van der Waals surface area contributed by atoms with Gasteiger partial charge < -0.3 is 5.32 Å². The van der Waals surface area contributed by atoms with E-state index in [1.165, 1.54) is 0 Å². The van der Waals surface area contributed by atoms with Gasteiger partial charge in [-0.05, 0) is 25.0 Å². The summed E-state index contributed by atoms with van der Waals surface area (Å²) >= 11 is 0. The first-order chi connectivity index (χ1) is 11.9. The van der Waals surface area contributed by atoms with E-state index in [1.807, 2.05) is 12.2 Å². The smallest absolute Gasteiger partial charge is 0.233 e. The lowest BCUT2D eigenvalue weighted by Gasteiger charge is -2.14. The van der Waals surface area contributed by atoms with Crippen LogP contribution in [-0.2, 0) is 14.4 Å². The molecule has 0 spiro atoms. The molecule has 1 aromatic rings. The van der Waals surface area contributed by atoms with Gasteiger partial charge in [-0.25, -0.2) is 13.2 Å². The van der Waals surface area contributed by atoms with Crippen LogP contribution in [0, 0.1) is 29.3 Å². The highest BCUT2D eigenvalue weighted by atomic mass is 19.2. The first-order valence-corrected chi connectivity index (χ1v) is 7.83. The normalized spacial score (nSPS) is 22.3. The monoisotopic (exact) mass is 352 g/mol. The zero-order valence-electron chi connectivity index (χ0n) is 13.1. The Morgan fingerprint density at radius 1 is 1.04 bits per heavy atom. The highest BCUT2D eigenvalue weighted by Gasteiger charge is 2.46. The molecule has 1 N–H and O–H groups in total. The highest BCUT2D eigenvalue weighted by molar-refractivity contribution is 6.05. The summed E-state index contributed by atoms with van der Waals surface area (Å²) in [5.41, 5.74) is -0.499. The number of imide groups is 1. The molecule has 0 unspecified atom stereocenters. The number of likely N-dealkylation sites (tertiary alicyclic amines) is 1. The second-order valence-corrected chi connectivity index (χ2v) is 6.00. The van der Waals surface area contributed by atoms with Crippen LogP contribution in [-0.4, -0.2) is 29.2 Å². The maximum atomic E-state index is 13.5. The topological polar surface area (TPSA) is 66.5 Å². The van der Waals surface area contributed by atoms with E-state index in [0.29, 0.717) is 18.9 Å². The number of rotatable bonds is 4. The molecule has 2 aliphatic rings. The third kappa shape index (κ3) is 3.16. The minimum Gasteiger partial charge on any atom is -0.323 e. The molecule has 0 bridgehead atoms. The number of carbonyl (C=O) groups is 3. The zero-order chi connectivity index (χ0) is 18.1. The molecule has 1 aliphatic heterocycles. The lowest BCUT2D eigenvalue weighted by atomic mass is 9.85. The van der Waals surface area contributed by atoms with Gasteiger partial charge in [0.15, 0.2) is 17.5 Å². The van der Waals surface area contributed by atoms with Gasteiger partial charge in [0.05, 0.1) is 17.5 Å². The predicted molar refractivity (Wildman–Crippen MR) is 81.6 cm³/mol. The number of fused-ring (bicyclic) bond motifs is 1. The Labute approximate surface area is 141 Å². The van der Waals surface area contributed by atoms with Crippen LogP contribution >= 0.6 is 0 Å². The molecule has 1 saturated heterocycles. The standard InChI is InChI=1S/C17H15F3N2O3/c18-11-5-6-12(15(20)14(11)19)21-13(23)7-8-22-16(24)9-3-1-2-4-10(9)17(22)25/h1-2,5-6,9-10H,3-4,7-8H2,(H,21,23)/t9-,10-/m1/s1. The van der Waals surface area contributed by atoms with Gasteiger partial charge in [0.25, 0.3) is 0 Å². The zero-order valence-corrected chi connectivity index (χ0v) is 13.1. The Kier molecular flexibility index (Phi) is 4.61. The van der Waals surface area contributed by atoms with E-state index >= 15 is 0 Å². The van der Waals surface area contributed by atoms with Crippen molar-refractivity contribution in [2.45, 2.75) is 19.3 Å². The largest absolute Gasteiger partial charge is 0.323 e. The molecule has 2 atom stereocenters. The third-order valence-electron chi connectivity index (χ3n) is 4.47. The summed E-state index contributed by atoms with van der Waals surface area (Å²) in [6.45, 7) is -0.137. The molecule has 132 valence electrons. The van der Waals surface area contributed by atoms with Gasteiger partial charge in [0, 0.05) is 13.0 Å². The maximum Gasteiger partial charge on any atom is 0.233 e. The molecular weight excluding hydrogens is 337 g/mol. The second kappa shape index (κ2) is 6.70. The van der Waals surface area contributed by atoms with Gasteiger partial charge in [-0.2, -0.15) is 0 Å². The predicted octanol–water partition coefficient (Wildman–Crippen LogP) is 2.38. The molecule has 1 heterocycles. The van der Waals surface area contributed by atoms with E-state index in [4.69, 9.17) is 0 Å². The van der Waals surface area contributed by atoms with Crippen molar-refractivity contribution in [1.82, 2.24) is 4.90 Å². The summed E-state index contributed by atoms with van der Waals surface area (Å²) in [5, 5.41) is 2.11. The highest BCUT2D eigenvalue weighted by Crippen LogP contribution is 2.35. The molecule has 0 saturated carbocycles. The maximum absolute atomic E-state index is 13.5. The number of hydrogen-bond donors (Lipinski definition) is 1. The average Bonchev–Trinajstić information content (AvgIpc) is 2.85. The van der Waals surface area contributed by atoms with E-state index in [9.17, 15) is 27.6 Å². The number of amides is 3. The lowest BCUT2D eigenvalue weighted by Crippen LogP contribution is -2.34. The van der Waals surface area contributed by atoms with Crippen molar-refractivity contribution < 1.29 is 27.6 Å². The van der Waals surface area contributed by atoms with Crippen molar-refractivity contribution in [3.05, 3.63) is 41.7 Å². The first-order valence-electron chi connectivity index (χ1n) is 7.83. The minimum absolute atomic E-state index is 0.137. The molecule has 1 fully saturated rings. The Bertz CT molecular complexity index is 753. The average molecular weight is 352 g/mol. The van der Waals surface area contributed by atoms with Crippen LogP contribution < -0.4 is 5.32 Å². The van der Waals surface area contributed by atoms with E-state index in [2.05, 4.69) is 5.32 Å². The first kappa shape index (κ1) is 17.2. The van der Waals surface area contributed by atoms with Crippen LogP contribution in [0.15, 0.2) is 24.3 Å². The van der Waals surface area contributed by atoms with Gasteiger partial charge in [0.2, 0.25) is 17.7 Å². The van der Waals surface area contributed by atoms with Gasteiger partial charge in [-0.15, -0.1) is 0 Å². The summed E-state index contributed by atoms with van der Waals surface area (Å²) in [4.78, 5) is 37.4. The van der Waals surface area contributed by atoms with Gasteiger partial charge >= 0.3 is 0 Å². The van der Waals surface area contributed by atoms with E-state index in [-0.39, 0.29) is 36.6 Å². The number of anilines is 1. The number of hydrogen-bond acceptors (Lipinski definition) is 3. The fourth-order valence-electron chi connectivity index (χ4n) is 3.14. The fourth-order valence-corrected chi connectivity index (χ4v) is 3.14. The fraction of sp³-hybridized carbons (Fsp3) is 0.353. The molecular formula is C17H15F3N2O3. The van der Waals surface area contributed by atoms with Crippen molar-refractivity contribution in [3.8, 4) is 0 Å². The van der Waals surface area contributed by atoms with Crippen molar-refractivity contribution >= 4 is 23.4 Å². The van der Waals surface area contributed by atoms with Crippen LogP contribution in [0.1, 0.15) is 19.3 Å². The molecule has 0 aromatic heterocycles. The second-order valence-electron chi connectivity index (χ2n) is 6.00. The summed E-state index contributed by atoms with van der Waals surface area (Å²) < 4.78 is 39.5. The van der Waals surface area contributed by atoms with Crippen LogP contribution in [0.4, 0.5) is 18.9 Å². The summed E-state index contributed by atoms with van der Waals surface area (Å²) in [6.07, 6.45) is 4.45. The number of nitrogens with one attached hydrogen (secondary N) is 1. The molecule has 3 amide bonds. The number of benzene rings is 1. The van der Waals surface area contributed by atoms with Crippen molar-refractivity contribution in [1.29, 1.82) is 0 Å². The Hall–Kier alpha value is -2.64. The number of carbonyl (C=O) groups excluding carboxylic acids is 3. The van der Waals surface area contributed by atoms with Crippen molar-refractivity contribution in [2.24, 2.45) is 11.8 Å². The SMILES string of the molecule is O=C(CCN1C(=O)[C@@H]2CC=CC[C@H]2C1=O)Nc1ccc(F)c(F)c1F.